The standard InChI is InChI=1S/C21H23N3OS/c1-3-15-24-19-12-8-7-11-18(19)23-21(24)26-16(2)20(25)22-14-13-17-9-5-4-6-10-17/h3-12,16H,1,13-15H2,2H3,(H,22,25). The van der Waals surface area contributed by atoms with Crippen molar-refractivity contribution in [2.75, 3.05) is 6.54 Å². The van der Waals surface area contributed by atoms with Crippen molar-refractivity contribution >= 4 is 28.7 Å². The van der Waals surface area contributed by atoms with Crippen molar-refractivity contribution in [2.45, 2.75) is 30.3 Å². The molecular formula is C21H23N3OS. The van der Waals surface area contributed by atoms with Gasteiger partial charge in [-0.15, -0.1) is 6.58 Å². The number of para-hydroxylation sites is 2. The second kappa shape index (κ2) is 8.72. The summed E-state index contributed by atoms with van der Waals surface area (Å²) in [7, 11) is 0. The van der Waals surface area contributed by atoms with Crippen molar-refractivity contribution in [1.29, 1.82) is 0 Å². The first-order chi connectivity index (χ1) is 12.7. The molecule has 134 valence electrons. The van der Waals surface area contributed by atoms with E-state index in [1.165, 1.54) is 17.3 Å². The van der Waals surface area contributed by atoms with Crippen LogP contribution < -0.4 is 5.32 Å². The summed E-state index contributed by atoms with van der Waals surface area (Å²) in [6, 6.07) is 18.2. The number of thioether (sulfide) groups is 1. The molecule has 0 saturated carbocycles. The van der Waals surface area contributed by atoms with E-state index in [1.807, 2.05) is 55.5 Å². The quantitative estimate of drug-likeness (QED) is 0.484. The van der Waals surface area contributed by atoms with Gasteiger partial charge in [0.1, 0.15) is 0 Å². The second-order valence-corrected chi connectivity index (χ2v) is 7.38. The van der Waals surface area contributed by atoms with Crippen molar-refractivity contribution < 1.29 is 4.79 Å². The number of benzene rings is 2. The van der Waals surface area contributed by atoms with Crippen LogP contribution in [0.3, 0.4) is 0 Å². The number of allylic oxidation sites excluding steroid dienone is 1. The molecule has 1 aromatic heterocycles. The van der Waals surface area contributed by atoms with Gasteiger partial charge in [-0.1, -0.05) is 60.3 Å². The highest BCUT2D eigenvalue weighted by atomic mass is 32.2. The molecule has 4 nitrogen and oxygen atoms in total. The SMILES string of the molecule is C=CCn1c(SC(C)C(=O)NCCc2ccccc2)nc2ccccc21. The molecule has 0 aliphatic rings. The summed E-state index contributed by atoms with van der Waals surface area (Å²) in [5, 5.41) is 3.65. The van der Waals surface area contributed by atoms with Crippen LogP contribution in [0.4, 0.5) is 0 Å². The monoisotopic (exact) mass is 365 g/mol. The zero-order chi connectivity index (χ0) is 18.4. The van der Waals surface area contributed by atoms with Crippen LogP contribution in [0.25, 0.3) is 11.0 Å². The van der Waals surface area contributed by atoms with Gasteiger partial charge in [-0.3, -0.25) is 4.79 Å². The minimum atomic E-state index is -0.217. The molecule has 1 heterocycles. The summed E-state index contributed by atoms with van der Waals surface area (Å²) in [6.07, 6.45) is 2.68. The van der Waals surface area contributed by atoms with E-state index >= 15 is 0 Å². The maximum absolute atomic E-state index is 12.4. The van der Waals surface area contributed by atoms with Gasteiger partial charge in [0.25, 0.3) is 0 Å². The number of carbonyl (C=O) groups excluding carboxylic acids is 1. The van der Waals surface area contributed by atoms with Crippen molar-refractivity contribution in [2.24, 2.45) is 0 Å². The van der Waals surface area contributed by atoms with Gasteiger partial charge in [-0.2, -0.15) is 0 Å². The summed E-state index contributed by atoms with van der Waals surface area (Å²) in [4.78, 5) is 17.1. The third kappa shape index (κ3) is 4.35. The van der Waals surface area contributed by atoms with E-state index in [-0.39, 0.29) is 11.2 Å². The number of fused-ring (bicyclic) bond motifs is 1. The van der Waals surface area contributed by atoms with Crippen LogP contribution in [0.15, 0.2) is 72.4 Å². The van der Waals surface area contributed by atoms with Gasteiger partial charge >= 0.3 is 0 Å². The number of carbonyl (C=O) groups is 1. The van der Waals surface area contributed by atoms with Gasteiger partial charge in [0.15, 0.2) is 5.16 Å². The summed E-state index contributed by atoms with van der Waals surface area (Å²) in [5.74, 6) is 0.0307. The van der Waals surface area contributed by atoms with Crippen molar-refractivity contribution in [3.63, 3.8) is 0 Å². The van der Waals surface area contributed by atoms with Gasteiger partial charge in [-0.05, 0) is 31.0 Å². The number of hydrogen-bond acceptors (Lipinski definition) is 3. The lowest BCUT2D eigenvalue weighted by Gasteiger charge is -2.13. The molecule has 0 aliphatic heterocycles. The Morgan fingerprint density at radius 1 is 1.23 bits per heavy atom. The first-order valence-electron chi connectivity index (χ1n) is 8.73. The lowest BCUT2D eigenvalue weighted by Crippen LogP contribution is -2.32. The molecule has 0 saturated heterocycles. The number of nitrogens with one attached hydrogen (secondary N) is 1. The van der Waals surface area contributed by atoms with E-state index in [4.69, 9.17) is 0 Å². The summed E-state index contributed by atoms with van der Waals surface area (Å²) >= 11 is 1.48. The Hall–Kier alpha value is -2.53. The Kier molecular flexibility index (Phi) is 6.12. The zero-order valence-electron chi connectivity index (χ0n) is 14.9. The smallest absolute Gasteiger partial charge is 0.233 e. The zero-order valence-corrected chi connectivity index (χ0v) is 15.7. The maximum Gasteiger partial charge on any atom is 0.233 e. The van der Waals surface area contributed by atoms with Crippen LogP contribution in [0.5, 0.6) is 0 Å². The number of rotatable bonds is 8. The highest BCUT2D eigenvalue weighted by Crippen LogP contribution is 2.27. The summed E-state index contributed by atoms with van der Waals surface area (Å²) in [5.41, 5.74) is 3.22. The number of imidazole rings is 1. The Balaban J connectivity index is 1.62. The Labute approximate surface area is 158 Å². The molecule has 3 rings (SSSR count). The molecule has 0 fully saturated rings. The molecule has 1 unspecified atom stereocenters. The number of aromatic nitrogens is 2. The first-order valence-corrected chi connectivity index (χ1v) is 9.61. The molecule has 1 N–H and O–H groups in total. The normalized spacial score (nSPS) is 12.0. The highest BCUT2D eigenvalue weighted by molar-refractivity contribution is 8.00. The minimum absolute atomic E-state index is 0.0307. The number of hydrogen-bond donors (Lipinski definition) is 1. The van der Waals surface area contributed by atoms with Crippen LogP contribution >= 0.6 is 11.8 Å². The molecule has 0 radical (unpaired) electrons. The van der Waals surface area contributed by atoms with Crippen LogP contribution in [0, 0.1) is 0 Å². The van der Waals surface area contributed by atoms with E-state index in [9.17, 15) is 4.79 Å². The largest absolute Gasteiger partial charge is 0.355 e. The minimum Gasteiger partial charge on any atom is -0.355 e. The van der Waals surface area contributed by atoms with E-state index in [2.05, 4.69) is 33.6 Å². The van der Waals surface area contributed by atoms with Crippen molar-refractivity contribution in [3.8, 4) is 0 Å². The van der Waals surface area contributed by atoms with Crippen molar-refractivity contribution in [1.82, 2.24) is 14.9 Å². The van der Waals surface area contributed by atoms with E-state index in [1.54, 1.807) is 0 Å². The average Bonchev–Trinajstić information content (AvgIpc) is 3.00. The number of nitrogens with zero attached hydrogens (tertiary/aromatic N) is 2. The van der Waals surface area contributed by atoms with E-state index in [0.717, 1.165) is 22.6 Å². The van der Waals surface area contributed by atoms with Crippen LogP contribution in [0.2, 0.25) is 0 Å². The molecule has 0 spiro atoms. The summed E-state index contributed by atoms with van der Waals surface area (Å²) < 4.78 is 2.10. The van der Waals surface area contributed by atoms with E-state index < -0.39 is 0 Å². The van der Waals surface area contributed by atoms with Gasteiger partial charge < -0.3 is 9.88 Å². The van der Waals surface area contributed by atoms with Gasteiger partial charge in [0.05, 0.1) is 16.3 Å². The molecule has 1 atom stereocenters. The molecule has 3 aromatic rings. The topological polar surface area (TPSA) is 46.9 Å². The fourth-order valence-corrected chi connectivity index (χ4v) is 3.74. The molecule has 1 amide bonds. The molecule has 26 heavy (non-hydrogen) atoms. The average molecular weight is 366 g/mol. The van der Waals surface area contributed by atoms with Crippen LogP contribution in [0.1, 0.15) is 12.5 Å². The summed E-state index contributed by atoms with van der Waals surface area (Å²) in [6.45, 7) is 7.05. The molecule has 2 aromatic carbocycles. The van der Waals surface area contributed by atoms with Gasteiger partial charge in [-0.25, -0.2) is 4.98 Å². The molecule has 5 heteroatoms. The molecule has 0 bridgehead atoms. The van der Waals surface area contributed by atoms with Crippen LogP contribution in [-0.2, 0) is 17.8 Å². The van der Waals surface area contributed by atoms with Crippen LogP contribution in [-0.4, -0.2) is 27.3 Å². The fraction of sp³-hybridized carbons (Fsp3) is 0.238. The third-order valence-electron chi connectivity index (χ3n) is 4.14. The predicted octanol–water partition coefficient (Wildman–Crippen LogP) is 4.06. The molecular weight excluding hydrogens is 342 g/mol. The fourth-order valence-electron chi connectivity index (χ4n) is 2.78. The highest BCUT2D eigenvalue weighted by Gasteiger charge is 2.18. The van der Waals surface area contributed by atoms with Gasteiger partial charge in [0, 0.05) is 13.1 Å². The predicted molar refractivity (Wildman–Crippen MR) is 108 cm³/mol. The Morgan fingerprint density at radius 2 is 1.96 bits per heavy atom. The maximum atomic E-state index is 12.4. The molecule has 0 aliphatic carbocycles. The Morgan fingerprint density at radius 3 is 2.73 bits per heavy atom. The van der Waals surface area contributed by atoms with Crippen molar-refractivity contribution in [3.05, 3.63) is 72.8 Å². The van der Waals surface area contributed by atoms with E-state index in [0.29, 0.717) is 13.1 Å². The third-order valence-corrected chi connectivity index (χ3v) is 5.23. The Bertz CT molecular complexity index is 889. The lowest BCUT2D eigenvalue weighted by molar-refractivity contribution is -0.120. The van der Waals surface area contributed by atoms with Gasteiger partial charge in [0.2, 0.25) is 5.91 Å². The first kappa shape index (κ1) is 18.3. The second-order valence-electron chi connectivity index (χ2n) is 6.07. The lowest BCUT2D eigenvalue weighted by atomic mass is 10.1. The number of amides is 1.